The van der Waals surface area contributed by atoms with Crippen LogP contribution in [-0.2, 0) is 17.8 Å². The van der Waals surface area contributed by atoms with Gasteiger partial charge in [0.25, 0.3) is 5.91 Å². The van der Waals surface area contributed by atoms with E-state index in [-0.39, 0.29) is 11.8 Å². The van der Waals surface area contributed by atoms with Crippen LogP contribution in [0.5, 0.6) is 0 Å². The second-order valence-electron chi connectivity index (χ2n) is 6.50. The quantitative estimate of drug-likeness (QED) is 0.625. The molecular formula is C22H21ClN2O2S. The number of carbonyl (C=O) groups is 2. The smallest absolute Gasteiger partial charge is 0.251 e. The van der Waals surface area contributed by atoms with E-state index in [4.69, 9.17) is 11.6 Å². The van der Waals surface area contributed by atoms with E-state index in [0.29, 0.717) is 23.6 Å². The molecule has 0 saturated carbocycles. The molecule has 0 aliphatic heterocycles. The van der Waals surface area contributed by atoms with Crippen LogP contribution < -0.4 is 5.32 Å². The summed E-state index contributed by atoms with van der Waals surface area (Å²) in [4.78, 5) is 28.5. The lowest BCUT2D eigenvalue weighted by molar-refractivity contribution is -0.132. The molecule has 4 nitrogen and oxygen atoms in total. The maximum absolute atomic E-state index is 13.1. The number of halogens is 1. The van der Waals surface area contributed by atoms with Crippen molar-refractivity contribution in [3.63, 3.8) is 0 Å². The third-order valence-corrected chi connectivity index (χ3v) is 5.45. The molecule has 1 aromatic heterocycles. The van der Waals surface area contributed by atoms with Gasteiger partial charge in [0, 0.05) is 28.9 Å². The van der Waals surface area contributed by atoms with Gasteiger partial charge in [-0.15, -0.1) is 11.3 Å². The first-order valence-electron chi connectivity index (χ1n) is 8.90. The number of amides is 2. The molecule has 1 unspecified atom stereocenters. The lowest BCUT2D eigenvalue weighted by atomic mass is 10.0. The molecule has 0 spiro atoms. The summed E-state index contributed by atoms with van der Waals surface area (Å²) < 4.78 is 0. The van der Waals surface area contributed by atoms with Crippen molar-refractivity contribution in [2.24, 2.45) is 0 Å². The van der Waals surface area contributed by atoms with Crippen LogP contribution in [0.2, 0.25) is 5.02 Å². The molecule has 0 aliphatic carbocycles. The van der Waals surface area contributed by atoms with Gasteiger partial charge in [-0.3, -0.25) is 9.59 Å². The van der Waals surface area contributed by atoms with E-state index in [1.54, 1.807) is 47.5 Å². The number of thiophene rings is 1. The minimum absolute atomic E-state index is 0.125. The zero-order valence-electron chi connectivity index (χ0n) is 15.5. The summed E-state index contributed by atoms with van der Waals surface area (Å²) >= 11 is 7.50. The average Bonchev–Trinajstić information content (AvgIpc) is 3.21. The molecule has 2 aromatic carbocycles. The monoisotopic (exact) mass is 412 g/mol. The van der Waals surface area contributed by atoms with Crippen molar-refractivity contribution in [2.75, 3.05) is 7.05 Å². The summed E-state index contributed by atoms with van der Waals surface area (Å²) in [5.74, 6) is -0.421. The van der Waals surface area contributed by atoms with Crippen LogP contribution in [0, 0.1) is 0 Å². The minimum Gasteiger partial charge on any atom is -0.340 e. The molecule has 6 heteroatoms. The van der Waals surface area contributed by atoms with Gasteiger partial charge >= 0.3 is 0 Å². The number of hydrogen-bond donors (Lipinski definition) is 1. The molecule has 144 valence electrons. The Morgan fingerprint density at radius 2 is 1.75 bits per heavy atom. The predicted molar refractivity (Wildman–Crippen MR) is 114 cm³/mol. The number of rotatable bonds is 7. The summed E-state index contributed by atoms with van der Waals surface area (Å²) in [5.41, 5.74) is 1.46. The standard InChI is InChI=1S/C22H21ClN2O2S/c1-25(15-19-8-5-13-28-19)22(27)20(14-16-6-3-2-4-7-16)24-21(26)17-9-11-18(23)12-10-17/h2-13,20H,14-15H2,1H3,(H,24,26). The first-order chi connectivity index (χ1) is 13.5. The minimum atomic E-state index is -0.657. The molecule has 3 aromatic rings. The normalized spacial score (nSPS) is 11.6. The Balaban J connectivity index is 1.76. The van der Waals surface area contributed by atoms with Crippen molar-refractivity contribution in [1.82, 2.24) is 10.2 Å². The van der Waals surface area contributed by atoms with Gasteiger partial charge in [0.05, 0.1) is 6.54 Å². The Labute approximate surface area is 173 Å². The second-order valence-corrected chi connectivity index (χ2v) is 7.97. The first-order valence-corrected chi connectivity index (χ1v) is 10.2. The largest absolute Gasteiger partial charge is 0.340 e. The molecule has 0 radical (unpaired) electrons. The van der Waals surface area contributed by atoms with E-state index in [1.165, 1.54) is 0 Å². The Morgan fingerprint density at radius 3 is 2.39 bits per heavy atom. The molecule has 1 N–H and O–H groups in total. The Hall–Kier alpha value is -2.63. The summed E-state index contributed by atoms with van der Waals surface area (Å²) in [6.07, 6.45) is 0.424. The van der Waals surface area contributed by atoms with Crippen LogP contribution in [0.4, 0.5) is 0 Å². The lowest BCUT2D eigenvalue weighted by Crippen LogP contribution is -2.48. The van der Waals surface area contributed by atoms with Crippen molar-refractivity contribution < 1.29 is 9.59 Å². The van der Waals surface area contributed by atoms with Crippen LogP contribution in [-0.4, -0.2) is 29.8 Å². The van der Waals surface area contributed by atoms with Crippen LogP contribution >= 0.6 is 22.9 Å². The van der Waals surface area contributed by atoms with Gasteiger partial charge in [0.2, 0.25) is 5.91 Å². The van der Waals surface area contributed by atoms with Gasteiger partial charge in [0.1, 0.15) is 6.04 Å². The van der Waals surface area contributed by atoms with Gasteiger partial charge in [-0.1, -0.05) is 48.0 Å². The fourth-order valence-electron chi connectivity index (χ4n) is 2.87. The van der Waals surface area contributed by atoms with E-state index in [1.807, 2.05) is 47.8 Å². The predicted octanol–water partition coefficient (Wildman–Crippen LogP) is 4.40. The summed E-state index contributed by atoms with van der Waals surface area (Å²) in [7, 11) is 1.76. The first kappa shape index (κ1) is 20.1. The van der Waals surface area contributed by atoms with Crippen LogP contribution in [0.25, 0.3) is 0 Å². The van der Waals surface area contributed by atoms with Gasteiger partial charge in [-0.25, -0.2) is 0 Å². The van der Waals surface area contributed by atoms with Crippen molar-refractivity contribution in [2.45, 2.75) is 19.0 Å². The van der Waals surface area contributed by atoms with E-state index < -0.39 is 6.04 Å². The maximum atomic E-state index is 13.1. The molecule has 0 saturated heterocycles. The van der Waals surface area contributed by atoms with Crippen molar-refractivity contribution in [1.29, 1.82) is 0 Å². The highest BCUT2D eigenvalue weighted by Crippen LogP contribution is 2.14. The third kappa shape index (κ3) is 5.44. The highest BCUT2D eigenvalue weighted by molar-refractivity contribution is 7.09. The number of nitrogens with one attached hydrogen (secondary N) is 1. The zero-order chi connectivity index (χ0) is 19.9. The van der Waals surface area contributed by atoms with E-state index in [9.17, 15) is 9.59 Å². The third-order valence-electron chi connectivity index (χ3n) is 4.34. The second kappa shape index (κ2) is 9.53. The van der Waals surface area contributed by atoms with E-state index in [2.05, 4.69) is 5.32 Å². The summed E-state index contributed by atoms with van der Waals surface area (Å²) in [6.45, 7) is 0.513. The topological polar surface area (TPSA) is 49.4 Å². The summed E-state index contributed by atoms with van der Waals surface area (Å²) in [5, 5.41) is 5.43. The van der Waals surface area contributed by atoms with Crippen LogP contribution in [0.1, 0.15) is 20.8 Å². The SMILES string of the molecule is CN(Cc1cccs1)C(=O)C(Cc1ccccc1)NC(=O)c1ccc(Cl)cc1. The molecular weight excluding hydrogens is 392 g/mol. The van der Waals surface area contributed by atoms with Gasteiger partial charge in [-0.05, 0) is 41.3 Å². The fraction of sp³-hybridized carbons (Fsp3) is 0.182. The van der Waals surface area contributed by atoms with Crippen molar-refractivity contribution in [3.8, 4) is 0 Å². The number of benzene rings is 2. The Bertz CT molecular complexity index is 911. The van der Waals surface area contributed by atoms with E-state index >= 15 is 0 Å². The van der Waals surface area contributed by atoms with E-state index in [0.717, 1.165) is 10.4 Å². The number of likely N-dealkylation sites (N-methyl/N-ethyl adjacent to an activating group) is 1. The van der Waals surface area contributed by atoms with Gasteiger partial charge in [-0.2, -0.15) is 0 Å². The van der Waals surface area contributed by atoms with Crippen molar-refractivity contribution in [3.05, 3.63) is 93.1 Å². The van der Waals surface area contributed by atoms with Crippen molar-refractivity contribution >= 4 is 34.8 Å². The molecule has 2 amide bonds. The summed E-state index contributed by atoms with van der Waals surface area (Å²) in [6, 6.07) is 19.6. The fourth-order valence-corrected chi connectivity index (χ4v) is 3.76. The lowest BCUT2D eigenvalue weighted by Gasteiger charge is -2.24. The maximum Gasteiger partial charge on any atom is 0.251 e. The van der Waals surface area contributed by atoms with Crippen LogP contribution in [0.3, 0.4) is 0 Å². The molecule has 3 rings (SSSR count). The highest BCUT2D eigenvalue weighted by atomic mass is 35.5. The molecule has 0 fully saturated rings. The zero-order valence-corrected chi connectivity index (χ0v) is 17.0. The molecule has 0 bridgehead atoms. The average molecular weight is 413 g/mol. The van der Waals surface area contributed by atoms with Gasteiger partial charge < -0.3 is 10.2 Å². The molecule has 0 aliphatic rings. The number of carbonyl (C=O) groups excluding carboxylic acids is 2. The molecule has 1 heterocycles. The molecule has 1 atom stereocenters. The number of hydrogen-bond acceptors (Lipinski definition) is 3. The number of nitrogens with zero attached hydrogens (tertiary/aromatic N) is 1. The Morgan fingerprint density at radius 1 is 1.04 bits per heavy atom. The Kier molecular flexibility index (Phi) is 6.85. The van der Waals surface area contributed by atoms with Crippen LogP contribution in [0.15, 0.2) is 72.1 Å². The van der Waals surface area contributed by atoms with Gasteiger partial charge in [0.15, 0.2) is 0 Å². The molecule has 28 heavy (non-hydrogen) atoms. The highest BCUT2D eigenvalue weighted by Gasteiger charge is 2.25.